The van der Waals surface area contributed by atoms with Crippen LogP contribution in [-0.4, -0.2) is 17.6 Å². The van der Waals surface area contributed by atoms with Crippen LogP contribution in [0.4, 0.5) is 5.69 Å². The Hall–Kier alpha value is -2.47. The lowest BCUT2D eigenvalue weighted by molar-refractivity contribution is -0.125. The molecule has 4 rings (SSSR count). The molecule has 1 fully saturated rings. The van der Waals surface area contributed by atoms with Crippen molar-refractivity contribution >= 4 is 34.6 Å². The summed E-state index contributed by atoms with van der Waals surface area (Å²) < 4.78 is 0. The highest BCUT2D eigenvalue weighted by molar-refractivity contribution is 7.09. The van der Waals surface area contributed by atoms with Crippen LogP contribution in [-0.2, 0) is 16.1 Å². The minimum absolute atomic E-state index is 0.141. The van der Waals surface area contributed by atoms with Gasteiger partial charge in [-0.2, -0.15) is 0 Å². The molecule has 0 saturated heterocycles. The van der Waals surface area contributed by atoms with Crippen LogP contribution in [0, 0.1) is 17.3 Å². The molecule has 2 amide bonds. The zero-order valence-electron chi connectivity index (χ0n) is 13.0. The normalized spacial score (nSPS) is 27.5. The molecule has 2 aliphatic rings. The second-order valence-electron chi connectivity index (χ2n) is 6.40. The van der Waals surface area contributed by atoms with E-state index in [1.165, 1.54) is 0 Å². The second kappa shape index (κ2) is 5.27. The molecule has 6 heteroatoms. The number of nitrogens with one attached hydrogen (secondary N) is 2. The fraction of sp³-hybridized carbons (Fsp3) is 0.278. The van der Waals surface area contributed by atoms with Gasteiger partial charge in [-0.3, -0.25) is 14.4 Å². The molecule has 1 aromatic heterocycles. The monoisotopic (exact) mass is 340 g/mol. The highest BCUT2D eigenvalue weighted by Gasteiger charge is 2.73. The Morgan fingerprint density at radius 3 is 2.79 bits per heavy atom. The molecule has 0 unspecified atom stereocenters. The lowest BCUT2D eigenvalue weighted by Gasteiger charge is -2.12. The fourth-order valence-electron chi connectivity index (χ4n) is 3.63. The van der Waals surface area contributed by atoms with Crippen molar-refractivity contribution in [2.24, 2.45) is 17.3 Å². The van der Waals surface area contributed by atoms with Crippen molar-refractivity contribution in [2.75, 3.05) is 5.32 Å². The smallest absolute Gasteiger partial charge is 0.229 e. The van der Waals surface area contributed by atoms with Crippen LogP contribution in [0.25, 0.3) is 0 Å². The molecule has 1 aliphatic carbocycles. The van der Waals surface area contributed by atoms with Crippen LogP contribution < -0.4 is 10.6 Å². The predicted molar refractivity (Wildman–Crippen MR) is 90.7 cm³/mol. The Bertz CT molecular complexity index is 846. The van der Waals surface area contributed by atoms with Crippen molar-refractivity contribution in [3.63, 3.8) is 0 Å². The summed E-state index contributed by atoms with van der Waals surface area (Å²) >= 11 is 1.56. The van der Waals surface area contributed by atoms with E-state index in [0.717, 1.165) is 4.88 Å². The molecule has 1 aliphatic heterocycles. The molecule has 2 aromatic rings. The average molecular weight is 340 g/mol. The van der Waals surface area contributed by atoms with Crippen LogP contribution in [0.5, 0.6) is 0 Å². The number of amides is 2. The molecule has 0 radical (unpaired) electrons. The average Bonchev–Trinajstić information content (AvgIpc) is 2.95. The summed E-state index contributed by atoms with van der Waals surface area (Å²) in [5, 5.41) is 7.58. The summed E-state index contributed by atoms with van der Waals surface area (Å²) in [5.41, 5.74) is 0.0408. The van der Waals surface area contributed by atoms with Gasteiger partial charge in [0, 0.05) is 10.4 Å². The third-order valence-corrected chi connectivity index (χ3v) is 5.89. The van der Waals surface area contributed by atoms with Gasteiger partial charge in [-0.25, -0.2) is 0 Å². The van der Waals surface area contributed by atoms with Gasteiger partial charge in [-0.15, -0.1) is 11.3 Å². The summed E-state index contributed by atoms with van der Waals surface area (Å²) in [6.45, 7) is 2.14. The summed E-state index contributed by atoms with van der Waals surface area (Å²) in [7, 11) is 0. The highest BCUT2D eigenvalue weighted by atomic mass is 32.1. The first kappa shape index (κ1) is 15.1. The molecule has 0 spiro atoms. The predicted octanol–water partition coefficient (Wildman–Crippen LogP) is 2.45. The van der Waals surface area contributed by atoms with Gasteiger partial charge < -0.3 is 10.6 Å². The molecule has 5 nitrogen and oxygen atoms in total. The maximum Gasteiger partial charge on any atom is 0.229 e. The number of hydrogen-bond donors (Lipinski definition) is 2. The molecule has 2 N–H and O–H groups in total. The topological polar surface area (TPSA) is 75.3 Å². The fourth-order valence-corrected chi connectivity index (χ4v) is 4.28. The SMILES string of the molecule is C[C@]12C(=O)c3ccccc3NC(=O)[C@H]1[C@H]2C(=O)NCc1cccs1. The molecule has 0 bridgehead atoms. The van der Waals surface area contributed by atoms with Crippen LogP contribution in [0.3, 0.4) is 0 Å². The zero-order valence-corrected chi connectivity index (χ0v) is 13.9. The first-order chi connectivity index (χ1) is 11.5. The Morgan fingerprint density at radius 1 is 1.25 bits per heavy atom. The van der Waals surface area contributed by atoms with Gasteiger partial charge in [0.15, 0.2) is 5.78 Å². The minimum Gasteiger partial charge on any atom is -0.351 e. The number of Topliss-reactive ketones (excluding diaryl/α,β-unsaturated/α-hetero) is 1. The zero-order chi connectivity index (χ0) is 16.9. The van der Waals surface area contributed by atoms with Crippen LogP contribution in [0.1, 0.15) is 22.2 Å². The third kappa shape index (κ3) is 2.10. The number of anilines is 1. The number of carbonyl (C=O) groups excluding carboxylic acids is 3. The second-order valence-corrected chi connectivity index (χ2v) is 7.43. The van der Waals surface area contributed by atoms with Crippen LogP contribution in [0.15, 0.2) is 41.8 Å². The van der Waals surface area contributed by atoms with Crippen molar-refractivity contribution < 1.29 is 14.4 Å². The molecule has 1 aromatic carbocycles. The maximum absolute atomic E-state index is 12.9. The van der Waals surface area contributed by atoms with E-state index in [0.29, 0.717) is 17.8 Å². The Labute approximate surface area is 143 Å². The van der Waals surface area contributed by atoms with E-state index in [9.17, 15) is 14.4 Å². The van der Waals surface area contributed by atoms with Crippen LogP contribution in [0.2, 0.25) is 0 Å². The van der Waals surface area contributed by atoms with E-state index in [-0.39, 0.29) is 17.6 Å². The number of para-hydroxylation sites is 1. The Morgan fingerprint density at radius 2 is 2.04 bits per heavy atom. The number of thiophene rings is 1. The number of hydrogen-bond acceptors (Lipinski definition) is 4. The summed E-state index contributed by atoms with van der Waals surface area (Å²) in [6.07, 6.45) is 0. The molecule has 122 valence electrons. The third-order valence-electron chi connectivity index (χ3n) is 5.02. The number of ketones is 1. The Balaban J connectivity index is 1.59. The van der Waals surface area contributed by atoms with E-state index < -0.39 is 17.3 Å². The molecule has 3 atom stereocenters. The molecule has 24 heavy (non-hydrogen) atoms. The van der Waals surface area contributed by atoms with Gasteiger partial charge in [-0.05, 0) is 23.6 Å². The van der Waals surface area contributed by atoms with E-state index in [1.807, 2.05) is 17.5 Å². The summed E-state index contributed by atoms with van der Waals surface area (Å²) in [4.78, 5) is 39.0. The van der Waals surface area contributed by atoms with E-state index in [2.05, 4.69) is 10.6 Å². The number of rotatable bonds is 3. The summed E-state index contributed by atoms with van der Waals surface area (Å²) in [6, 6.07) is 10.8. The summed E-state index contributed by atoms with van der Waals surface area (Å²) in [5.74, 6) is -1.86. The first-order valence-electron chi connectivity index (χ1n) is 7.78. The number of carbonyl (C=O) groups is 3. The quantitative estimate of drug-likeness (QED) is 0.901. The van der Waals surface area contributed by atoms with Gasteiger partial charge in [0.2, 0.25) is 11.8 Å². The lowest BCUT2D eigenvalue weighted by atomic mass is 9.92. The van der Waals surface area contributed by atoms with Gasteiger partial charge in [0.1, 0.15) is 0 Å². The molecule has 1 saturated carbocycles. The minimum atomic E-state index is -0.962. The largest absolute Gasteiger partial charge is 0.351 e. The van der Waals surface area contributed by atoms with Crippen LogP contribution >= 0.6 is 11.3 Å². The highest BCUT2D eigenvalue weighted by Crippen LogP contribution is 2.62. The maximum atomic E-state index is 12.9. The van der Waals surface area contributed by atoms with Gasteiger partial charge in [-0.1, -0.05) is 25.1 Å². The van der Waals surface area contributed by atoms with Gasteiger partial charge in [0.25, 0.3) is 0 Å². The van der Waals surface area contributed by atoms with Gasteiger partial charge in [0.05, 0.1) is 29.5 Å². The molecule has 2 heterocycles. The number of benzene rings is 1. The van der Waals surface area contributed by atoms with E-state index >= 15 is 0 Å². The van der Waals surface area contributed by atoms with E-state index in [4.69, 9.17) is 0 Å². The first-order valence-corrected chi connectivity index (χ1v) is 8.66. The van der Waals surface area contributed by atoms with Crippen molar-refractivity contribution in [3.8, 4) is 0 Å². The Kier molecular flexibility index (Phi) is 3.31. The van der Waals surface area contributed by atoms with Gasteiger partial charge >= 0.3 is 0 Å². The van der Waals surface area contributed by atoms with Crippen molar-refractivity contribution in [1.29, 1.82) is 0 Å². The standard InChI is InChI=1S/C18H16N2O3S/c1-18-13(16(22)19-9-10-5-4-8-24-10)14(18)17(23)20-12-7-3-2-6-11(12)15(18)21/h2-8,13-14H,9H2,1H3,(H,19,22)(H,20,23)/t13-,14+,18+/m0/s1. The molecular weight excluding hydrogens is 324 g/mol. The van der Waals surface area contributed by atoms with Crippen molar-refractivity contribution in [3.05, 3.63) is 52.2 Å². The number of fused-ring (bicyclic) bond motifs is 2. The molecular formula is C18H16N2O3S. The van der Waals surface area contributed by atoms with Crippen molar-refractivity contribution in [2.45, 2.75) is 13.5 Å². The van der Waals surface area contributed by atoms with E-state index in [1.54, 1.807) is 42.5 Å². The van der Waals surface area contributed by atoms with Crippen molar-refractivity contribution in [1.82, 2.24) is 5.32 Å². The lowest BCUT2D eigenvalue weighted by Crippen LogP contribution is -2.29.